The number of thiocarbonyl (C=S) groups is 1. The lowest BCUT2D eigenvalue weighted by atomic mass is 9.95. The molecule has 1 aromatic carbocycles. The summed E-state index contributed by atoms with van der Waals surface area (Å²) < 4.78 is 15.3. The summed E-state index contributed by atoms with van der Waals surface area (Å²) in [5.74, 6) is -0.497. The summed E-state index contributed by atoms with van der Waals surface area (Å²) in [5, 5.41) is 6.35. The third kappa shape index (κ3) is 4.48. The zero-order valence-electron chi connectivity index (χ0n) is 14.3. The van der Waals surface area contributed by atoms with Gasteiger partial charge in [-0.1, -0.05) is 18.2 Å². The van der Waals surface area contributed by atoms with Crippen molar-refractivity contribution in [1.29, 1.82) is 0 Å². The first-order chi connectivity index (χ1) is 12.0. The monoisotopic (exact) mass is 364 g/mol. The van der Waals surface area contributed by atoms with Gasteiger partial charge in [-0.3, -0.25) is 0 Å². The van der Waals surface area contributed by atoms with Crippen molar-refractivity contribution in [2.75, 3.05) is 20.3 Å². The molecule has 1 unspecified atom stereocenters. The molecule has 7 nitrogen and oxygen atoms in total. The van der Waals surface area contributed by atoms with Crippen LogP contribution in [0.15, 0.2) is 35.5 Å². The molecular weight excluding hydrogens is 344 g/mol. The van der Waals surface area contributed by atoms with E-state index in [1.807, 2.05) is 6.07 Å². The third-order valence-electron chi connectivity index (χ3n) is 3.56. The van der Waals surface area contributed by atoms with Gasteiger partial charge in [0.15, 0.2) is 11.7 Å². The zero-order valence-corrected chi connectivity index (χ0v) is 15.1. The van der Waals surface area contributed by atoms with Gasteiger partial charge >= 0.3 is 11.9 Å². The summed E-state index contributed by atoms with van der Waals surface area (Å²) >= 11 is 5.20. The van der Waals surface area contributed by atoms with Gasteiger partial charge in [-0.2, -0.15) is 0 Å². The molecule has 1 aliphatic rings. The molecule has 0 fully saturated rings. The van der Waals surface area contributed by atoms with Crippen molar-refractivity contribution < 1.29 is 23.8 Å². The molecule has 0 radical (unpaired) electrons. The molecule has 0 saturated carbocycles. The van der Waals surface area contributed by atoms with E-state index in [1.165, 1.54) is 7.11 Å². The highest BCUT2D eigenvalue weighted by atomic mass is 32.1. The van der Waals surface area contributed by atoms with Crippen molar-refractivity contribution in [3.63, 3.8) is 0 Å². The topological polar surface area (TPSA) is 85.9 Å². The fourth-order valence-electron chi connectivity index (χ4n) is 2.50. The molecule has 2 N–H and O–H groups in total. The molecule has 0 aliphatic carbocycles. The van der Waals surface area contributed by atoms with E-state index in [0.717, 1.165) is 0 Å². The first-order valence-electron chi connectivity index (χ1n) is 7.71. The summed E-state index contributed by atoms with van der Waals surface area (Å²) in [5.41, 5.74) is 1.65. The fraction of sp³-hybridized carbons (Fsp3) is 0.353. The minimum atomic E-state index is -0.556. The second-order valence-electron chi connectivity index (χ2n) is 5.19. The Kier molecular flexibility index (Phi) is 6.35. The smallest absolute Gasteiger partial charge is 0.344 e. The molecule has 1 atom stereocenters. The van der Waals surface area contributed by atoms with Gasteiger partial charge in [-0.25, -0.2) is 9.59 Å². The highest BCUT2D eigenvalue weighted by Crippen LogP contribution is 2.33. The van der Waals surface area contributed by atoms with E-state index >= 15 is 0 Å². The Bertz CT molecular complexity index is 717. The van der Waals surface area contributed by atoms with E-state index in [2.05, 4.69) is 10.6 Å². The predicted octanol–water partition coefficient (Wildman–Crippen LogP) is 1.59. The average Bonchev–Trinajstić information content (AvgIpc) is 2.59. The normalized spacial score (nSPS) is 16.6. The lowest BCUT2D eigenvalue weighted by Crippen LogP contribution is -2.45. The van der Waals surface area contributed by atoms with Gasteiger partial charge in [-0.05, 0) is 32.1 Å². The van der Waals surface area contributed by atoms with Crippen molar-refractivity contribution >= 4 is 29.3 Å². The van der Waals surface area contributed by atoms with Crippen LogP contribution in [0.1, 0.15) is 25.5 Å². The van der Waals surface area contributed by atoms with Crippen LogP contribution in [0.5, 0.6) is 5.75 Å². The Labute approximate surface area is 151 Å². The maximum absolute atomic E-state index is 12.2. The van der Waals surface area contributed by atoms with E-state index in [4.69, 9.17) is 26.4 Å². The minimum Gasteiger partial charge on any atom is -0.482 e. The summed E-state index contributed by atoms with van der Waals surface area (Å²) in [6, 6.07) is 6.54. The number of carbonyl (C=O) groups excluding carboxylic acids is 2. The number of rotatable bonds is 6. The van der Waals surface area contributed by atoms with Crippen LogP contribution in [-0.2, 0) is 19.1 Å². The van der Waals surface area contributed by atoms with Crippen molar-refractivity contribution in [1.82, 2.24) is 10.6 Å². The number of hydrogen-bond donors (Lipinski definition) is 2. The number of nitrogens with one attached hydrogen (secondary N) is 2. The first-order valence-corrected chi connectivity index (χ1v) is 8.12. The molecule has 0 aromatic heterocycles. The zero-order chi connectivity index (χ0) is 18.4. The molecule has 25 heavy (non-hydrogen) atoms. The highest BCUT2D eigenvalue weighted by Gasteiger charge is 2.32. The summed E-state index contributed by atoms with van der Waals surface area (Å²) in [6.07, 6.45) is 0. The number of benzene rings is 1. The standard InChI is InChI=1S/C17H20N2O5S/c1-4-23-13(20)9-24-12-8-6-5-7-11(12)15-14(16(21)22-3)10(2)18-17(25)19-15/h5-8,15H,4,9H2,1-3H3,(H2,18,19,25). The maximum atomic E-state index is 12.2. The van der Waals surface area contributed by atoms with Crippen LogP contribution in [0.2, 0.25) is 0 Å². The van der Waals surface area contributed by atoms with E-state index < -0.39 is 18.0 Å². The Morgan fingerprint density at radius 3 is 2.68 bits per heavy atom. The van der Waals surface area contributed by atoms with Crippen LogP contribution in [0.25, 0.3) is 0 Å². The number of hydrogen-bond acceptors (Lipinski definition) is 6. The van der Waals surface area contributed by atoms with Gasteiger partial charge in [0.1, 0.15) is 5.75 Å². The van der Waals surface area contributed by atoms with Gasteiger partial charge in [0.2, 0.25) is 0 Å². The quantitative estimate of drug-likeness (QED) is 0.581. The van der Waals surface area contributed by atoms with Crippen LogP contribution in [0.4, 0.5) is 0 Å². The Balaban J connectivity index is 2.35. The van der Waals surface area contributed by atoms with E-state index in [1.54, 1.807) is 32.0 Å². The molecule has 0 spiro atoms. The second kappa shape index (κ2) is 8.48. The summed E-state index contributed by atoms with van der Waals surface area (Å²) in [4.78, 5) is 23.8. The predicted molar refractivity (Wildman–Crippen MR) is 94.9 cm³/mol. The van der Waals surface area contributed by atoms with Crippen molar-refractivity contribution in [2.45, 2.75) is 19.9 Å². The Morgan fingerprint density at radius 2 is 2.00 bits per heavy atom. The Hall–Kier alpha value is -2.61. The van der Waals surface area contributed by atoms with Gasteiger partial charge in [-0.15, -0.1) is 0 Å². The molecule has 1 heterocycles. The lowest BCUT2D eigenvalue weighted by molar-refractivity contribution is -0.145. The molecule has 1 aromatic rings. The van der Waals surface area contributed by atoms with Crippen LogP contribution in [0.3, 0.4) is 0 Å². The number of methoxy groups -OCH3 is 1. The second-order valence-corrected chi connectivity index (χ2v) is 5.60. The first kappa shape index (κ1) is 18.7. The van der Waals surface area contributed by atoms with E-state index in [-0.39, 0.29) is 13.2 Å². The molecule has 0 saturated heterocycles. The molecule has 0 bridgehead atoms. The van der Waals surface area contributed by atoms with Crippen molar-refractivity contribution in [3.8, 4) is 5.75 Å². The Morgan fingerprint density at radius 1 is 1.28 bits per heavy atom. The van der Waals surface area contributed by atoms with Crippen LogP contribution in [0, 0.1) is 0 Å². The molecule has 1 aliphatic heterocycles. The SMILES string of the molecule is CCOC(=O)COc1ccccc1C1NC(=S)NC(C)=C1C(=O)OC. The fourth-order valence-corrected chi connectivity index (χ4v) is 2.77. The minimum absolute atomic E-state index is 0.226. The van der Waals surface area contributed by atoms with Crippen LogP contribution in [-0.4, -0.2) is 37.4 Å². The van der Waals surface area contributed by atoms with E-state index in [9.17, 15) is 9.59 Å². The number of carbonyl (C=O) groups is 2. The average molecular weight is 364 g/mol. The number of para-hydroxylation sites is 1. The van der Waals surface area contributed by atoms with Crippen LogP contribution < -0.4 is 15.4 Å². The third-order valence-corrected chi connectivity index (χ3v) is 3.78. The number of allylic oxidation sites excluding steroid dienone is 1. The van der Waals surface area contributed by atoms with Gasteiger partial charge in [0.05, 0.1) is 25.3 Å². The largest absolute Gasteiger partial charge is 0.482 e. The summed E-state index contributed by atoms with van der Waals surface area (Å²) in [6.45, 7) is 3.52. The molecular formula is C17H20N2O5S. The maximum Gasteiger partial charge on any atom is 0.344 e. The highest BCUT2D eigenvalue weighted by molar-refractivity contribution is 7.80. The number of esters is 2. The van der Waals surface area contributed by atoms with Crippen molar-refractivity contribution in [3.05, 3.63) is 41.1 Å². The van der Waals surface area contributed by atoms with Gasteiger partial charge in [0.25, 0.3) is 0 Å². The molecule has 134 valence electrons. The molecule has 8 heteroatoms. The molecule has 0 amide bonds. The van der Waals surface area contributed by atoms with Crippen LogP contribution >= 0.6 is 12.2 Å². The van der Waals surface area contributed by atoms with Gasteiger partial charge in [0, 0.05) is 11.3 Å². The lowest BCUT2D eigenvalue weighted by Gasteiger charge is -2.30. The number of ether oxygens (including phenoxy) is 3. The summed E-state index contributed by atoms with van der Waals surface area (Å²) in [7, 11) is 1.32. The van der Waals surface area contributed by atoms with E-state index in [0.29, 0.717) is 27.7 Å². The molecule has 2 rings (SSSR count). The van der Waals surface area contributed by atoms with Crippen molar-refractivity contribution in [2.24, 2.45) is 0 Å². The van der Waals surface area contributed by atoms with Gasteiger partial charge < -0.3 is 24.8 Å².